The van der Waals surface area contributed by atoms with Crippen LogP contribution in [0.15, 0.2) is 42.5 Å². The maximum Gasteiger partial charge on any atom is 0.131 e. The number of rotatable bonds is 3. The smallest absolute Gasteiger partial charge is 0.131 e. The fourth-order valence-electron chi connectivity index (χ4n) is 2.27. The Morgan fingerprint density at radius 3 is 2.14 bits per heavy atom. The molecule has 0 aromatic heterocycles. The monoisotopic (exact) mass is 284 g/mol. The van der Waals surface area contributed by atoms with Crippen LogP contribution in [0.3, 0.4) is 0 Å². The van der Waals surface area contributed by atoms with E-state index in [0.29, 0.717) is 0 Å². The highest BCUT2D eigenvalue weighted by molar-refractivity contribution is 5.44. The number of hydrogen-bond acceptors (Lipinski definition) is 2. The second-order valence-electron chi connectivity index (χ2n) is 6.60. The Balaban J connectivity index is 2.32. The van der Waals surface area contributed by atoms with Crippen LogP contribution in [0.2, 0.25) is 0 Å². The maximum absolute atomic E-state index is 9.55. The number of benzene rings is 2. The van der Waals surface area contributed by atoms with Crippen LogP contribution in [0.5, 0.6) is 11.5 Å². The molecule has 0 aliphatic rings. The zero-order valence-electron chi connectivity index (χ0n) is 13.5. The van der Waals surface area contributed by atoms with Crippen molar-refractivity contribution in [3.8, 4) is 11.5 Å². The Morgan fingerprint density at radius 2 is 1.62 bits per heavy atom. The third-order valence-corrected chi connectivity index (χ3v) is 3.54. The molecule has 0 unspecified atom stereocenters. The van der Waals surface area contributed by atoms with Crippen molar-refractivity contribution in [3.63, 3.8) is 0 Å². The summed E-state index contributed by atoms with van der Waals surface area (Å²) in [6.07, 6.45) is -0.455. The topological polar surface area (TPSA) is 29.5 Å². The lowest BCUT2D eigenvalue weighted by Crippen LogP contribution is -2.12. The van der Waals surface area contributed by atoms with Crippen LogP contribution in [0, 0.1) is 6.92 Å². The van der Waals surface area contributed by atoms with Crippen molar-refractivity contribution in [1.29, 1.82) is 0 Å². The van der Waals surface area contributed by atoms with Crippen molar-refractivity contribution in [2.45, 2.75) is 46.1 Å². The number of hydrogen-bond donors (Lipinski definition) is 1. The van der Waals surface area contributed by atoms with Crippen molar-refractivity contribution in [2.24, 2.45) is 0 Å². The SMILES string of the molecule is Cc1ccc(C(C)(C)C)c(Oc2ccc([C@@H](C)O)cc2)c1. The molecule has 0 aliphatic carbocycles. The number of aliphatic hydroxyl groups is 1. The van der Waals surface area contributed by atoms with E-state index in [4.69, 9.17) is 4.74 Å². The van der Waals surface area contributed by atoms with E-state index in [1.807, 2.05) is 24.3 Å². The first-order valence-electron chi connectivity index (χ1n) is 7.34. The quantitative estimate of drug-likeness (QED) is 0.845. The van der Waals surface area contributed by atoms with Crippen LogP contribution >= 0.6 is 0 Å². The predicted molar refractivity (Wildman–Crippen MR) is 87.0 cm³/mol. The normalized spacial score (nSPS) is 13.0. The summed E-state index contributed by atoms with van der Waals surface area (Å²) in [5, 5.41) is 9.55. The van der Waals surface area contributed by atoms with Gasteiger partial charge in [-0.25, -0.2) is 0 Å². The van der Waals surface area contributed by atoms with E-state index >= 15 is 0 Å². The van der Waals surface area contributed by atoms with Gasteiger partial charge in [-0.2, -0.15) is 0 Å². The van der Waals surface area contributed by atoms with Crippen molar-refractivity contribution < 1.29 is 9.84 Å². The second-order valence-corrected chi connectivity index (χ2v) is 6.60. The van der Waals surface area contributed by atoms with E-state index in [1.54, 1.807) is 6.92 Å². The van der Waals surface area contributed by atoms with Gasteiger partial charge in [-0.05, 0) is 48.6 Å². The average Bonchev–Trinajstić information content (AvgIpc) is 2.38. The van der Waals surface area contributed by atoms with Crippen molar-refractivity contribution in [2.75, 3.05) is 0 Å². The maximum atomic E-state index is 9.55. The minimum atomic E-state index is -0.455. The first-order chi connectivity index (χ1) is 9.77. The number of ether oxygens (including phenoxy) is 1. The third-order valence-electron chi connectivity index (χ3n) is 3.54. The largest absolute Gasteiger partial charge is 0.457 e. The van der Waals surface area contributed by atoms with Crippen LogP contribution in [-0.4, -0.2) is 5.11 Å². The molecule has 0 saturated carbocycles. The van der Waals surface area contributed by atoms with Gasteiger partial charge in [0, 0.05) is 5.56 Å². The molecule has 0 bridgehead atoms. The summed E-state index contributed by atoms with van der Waals surface area (Å²) in [5.41, 5.74) is 3.29. The number of aliphatic hydroxyl groups excluding tert-OH is 1. The van der Waals surface area contributed by atoms with Crippen LogP contribution in [-0.2, 0) is 5.41 Å². The molecule has 1 atom stereocenters. The Hall–Kier alpha value is -1.80. The Kier molecular flexibility index (Phi) is 4.38. The Labute approximate surface area is 127 Å². The molecule has 0 aliphatic heterocycles. The first-order valence-corrected chi connectivity index (χ1v) is 7.34. The summed E-state index contributed by atoms with van der Waals surface area (Å²) in [6, 6.07) is 13.9. The fourth-order valence-corrected chi connectivity index (χ4v) is 2.27. The van der Waals surface area contributed by atoms with Gasteiger partial charge >= 0.3 is 0 Å². The molecular weight excluding hydrogens is 260 g/mol. The molecule has 1 N–H and O–H groups in total. The van der Waals surface area contributed by atoms with Crippen molar-refractivity contribution in [1.82, 2.24) is 0 Å². The minimum absolute atomic E-state index is 0.0303. The highest BCUT2D eigenvalue weighted by Gasteiger charge is 2.19. The molecule has 21 heavy (non-hydrogen) atoms. The summed E-state index contributed by atoms with van der Waals surface area (Å²) in [6.45, 7) is 10.4. The van der Waals surface area contributed by atoms with Crippen molar-refractivity contribution in [3.05, 3.63) is 59.2 Å². The van der Waals surface area contributed by atoms with Gasteiger partial charge in [-0.3, -0.25) is 0 Å². The van der Waals surface area contributed by atoms with Gasteiger partial charge in [-0.1, -0.05) is 45.0 Å². The van der Waals surface area contributed by atoms with E-state index < -0.39 is 6.10 Å². The first kappa shape index (κ1) is 15.6. The Bertz CT molecular complexity index is 604. The van der Waals surface area contributed by atoms with Gasteiger partial charge in [0.15, 0.2) is 0 Å². The van der Waals surface area contributed by atoms with Gasteiger partial charge in [-0.15, -0.1) is 0 Å². The molecule has 0 saturated heterocycles. The summed E-state index contributed by atoms with van der Waals surface area (Å²) in [7, 11) is 0. The van der Waals surface area contributed by atoms with Crippen LogP contribution in [0.1, 0.15) is 50.5 Å². The van der Waals surface area contributed by atoms with Gasteiger partial charge in [0.05, 0.1) is 6.10 Å². The highest BCUT2D eigenvalue weighted by atomic mass is 16.5. The summed E-state index contributed by atoms with van der Waals surface area (Å²) in [4.78, 5) is 0. The van der Waals surface area contributed by atoms with E-state index in [2.05, 4.69) is 45.9 Å². The molecular formula is C19H24O2. The van der Waals surface area contributed by atoms with E-state index in [1.165, 1.54) is 11.1 Å². The van der Waals surface area contributed by atoms with E-state index in [0.717, 1.165) is 17.1 Å². The zero-order valence-corrected chi connectivity index (χ0v) is 13.5. The standard InChI is InChI=1S/C19H24O2/c1-13-6-11-17(19(3,4)5)18(12-13)21-16-9-7-15(8-10-16)14(2)20/h6-12,14,20H,1-5H3/t14-/m1/s1. The zero-order chi connectivity index (χ0) is 15.6. The second kappa shape index (κ2) is 5.90. The molecule has 2 nitrogen and oxygen atoms in total. The Morgan fingerprint density at radius 1 is 1.00 bits per heavy atom. The van der Waals surface area contributed by atoms with Gasteiger partial charge < -0.3 is 9.84 Å². The molecule has 0 fully saturated rings. The average molecular weight is 284 g/mol. The molecule has 0 heterocycles. The lowest BCUT2D eigenvalue weighted by Gasteiger charge is -2.23. The highest BCUT2D eigenvalue weighted by Crippen LogP contribution is 2.35. The third kappa shape index (κ3) is 3.85. The molecule has 2 rings (SSSR count). The number of aryl methyl sites for hydroxylation is 1. The molecule has 0 radical (unpaired) electrons. The lowest BCUT2D eigenvalue weighted by atomic mass is 9.86. The van der Waals surface area contributed by atoms with Crippen LogP contribution in [0.4, 0.5) is 0 Å². The molecule has 2 aromatic carbocycles. The van der Waals surface area contributed by atoms with Crippen molar-refractivity contribution >= 4 is 0 Å². The summed E-state index contributed by atoms with van der Waals surface area (Å²) < 4.78 is 6.07. The molecule has 112 valence electrons. The fraction of sp³-hybridized carbons (Fsp3) is 0.368. The van der Waals surface area contributed by atoms with Gasteiger partial charge in [0.25, 0.3) is 0 Å². The molecule has 0 amide bonds. The van der Waals surface area contributed by atoms with Gasteiger partial charge in [0.2, 0.25) is 0 Å². The van der Waals surface area contributed by atoms with E-state index in [9.17, 15) is 5.11 Å². The lowest BCUT2D eigenvalue weighted by molar-refractivity contribution is 0.199. The van der Waals surface area contributed by atoms with Crippen LogP contribution < -0.4 is 4.74 Å². The molecule has 2 aromatic rings. The van der Waals surface area contributed by atoms with Crippen LogP contribution in [0.25, 0.3) is 0 Å². The molecule has 0 spiro atoms. The van der Waals surface area contributed by atoms with E-state index in [-0.39, 0.29) is 5.41 Å². The summed E-state index contributed by atoms with van der Waals surface area (Å²) in [5.74, 6) is 1.68. The van der Waals surface area contributed by atoms with Gasteiger partial charge in [0.1, 0.15) is 11.5 Å². The summed E-state index contributed by atoms with van der Waals surface area (Å²) >= 11 is 0. The molecule has 2 heteroatoms. The predicted octanol–water partition coefficient (Wildman–Crippen LogP) is 5.14. The minimum Gasteiger partial charge on any atom is -0.457 e.